The zero-order chi connectivity index (χ0) is 84.0. The lowest BCUT2D eigenvalue weighted by molar-refractivity contribution is -0.143. The number of carbonyl (C=O) groups is 8. The molecule has 38 rings (SSSR count). The van der Waals surface area contributed by atoms with Crippen LogP contribution in [0.2, 0.25) is 0 Å². The molecular formula is C92H92O28. The van der Waals surface area contributed by atoms with Crippen LogP contribution in [0.1, 0.15) is 99.3 Å². The number of benzene rings is 8. The summed E-state index contributed by atoms with van der Waals surface area (Å²) in [6.07, 6.45) is 8.92. The average Bonchev–Trinajstić information content (AvgIpc) is 0.704. The van der Waals surface area contributed by atoms with Gasteiger partial charge in [-0.3, -0.25) is 0 Å². The summed E-state index contributed by atoms with van der Waals surface area (Å²) in [5, 5.41) is 0. The number of hydrogen-bond donors (Lipinski definition) is 0. The third-order valence-corrected chi connectivity index (χ3v) is 24.2. The van der Waals surface area contributed by atoms with Crippen LogP contribution in [0.5, 0.6) is 92.0 Å². The van der Waals surface area contributed by atoms with Crippen LogP contribution in [0.25, 0.3) is 22.3 Å². The Bertz CT molecular complexity index is 4380. The Labute approximate surface area is 691 Å². The Hall–Kier alpha value is -12.9. The zero-order valence-electron chi connectivity index (χ0n) is 67.7. The molecule has 8 saturated carbocycles. The van der Waals surface area contributed by atoms with E-state index in [0.717, 1.165) is 109 Å². The van der Waals surface area contributed by atoms with E-state index in [4.69, 9.17) is 94.7 Å². The molecule has 22 heterocycles. The molecule has 24 bridgehead atoms. The predicted molar refractivity (Wildman–Crippen MR) is 426 cm³/mol. The minimum Gasteiger partial charge on any atom is -0.478 e. The van der Waals surface area contributed by atoms with E-state index in [1.165, 1.54) is 56.9 Å². The number of methoxy groups -OCH3 is 8. The average molecular weight is 1650 g/mol. The number of rotatable bonds is 24. The van der Waals surface area contributed by atoms with E-state index >= 15 is 0 Å². The standard InChI is InChI=1S/C92H92O28/c1-101-77(93)43-109-69-27-61-28-70(110-44-78(94)102-2)85(69)117-65-17-9-57(10-18-65)58-11-19-66(20-12-58)119-87-73(113-47-81(97)105-5)31-63(32-74(87)114-48-82(98)106-6)91-39-55-26-56(40-91)42-92(41-55,52-91)64-33-75(115-49-83(99)107-7)88(76(34-64)116-50-84(100)108-8)120-68-23-15-60(16-24-68)59-13-21-67(22-14-59)118-86-71(111-45-79(95)103-3)29-62(30-72(86)112-46-80(96)104-4)90-37-53-25-54(38-90)36-89(61,35-53)51-90/h9-24,27-34,53-56H,25-26,35-52H2,1-8H3. The Morgan fingerprint density at radius 3 is 0.542 bits per heavy atom. The highest BCUT2D eigenvalue weighted by Gasteiger charge is 2.61. The van der Waals surface area contributed by atoms with Gasteiger partial charge in [0, 0.05) is 0 Å². The highest BCUT2D eigenvalue weighted by atomic mass is 16.6. The summed E-state index contributed by atoms with van der Waals surface area (Å²) in [5.41, 5.74) is 3.79. The largest absolute Gasteiger partial charge is 0.478 e. The van der Waals surface area contributed by atoms with Crippen LogP contribution in [0.3, 0.4) is 0 Å². The van der Waals surface area contributed by atoms with Crippen LogP contribution in [-0.4, -0.2) is 157 Å². The molecule has 0 atom stereocenters. The molecule has 22 aliphatic heterocycles. The molecule has 30 aliphatic rings. The van der Waals surface area contributed by atoms with E-state index in [1.54, 1.807) is 48.5 Å². The van der Waals surface area contributed by atoms with E-state index in [0.29, 0.717) is 35.8 Å². The first-order valence-corrected chi connectivity index (χ1v) is 39.5. The maximum Gasteiger partial charge on any atom is 0.343 e. The van der Waals surface area contributed by atoms with Gasteiger partial charge in [0.25, 0.3) is 0 Å². The minimum atomic E-state index is -0.675. The predicted octanol–water partition coefficient (Wildman–Crippen LogP) is 14.5. The van der Waals surface area contributed by atoms with Crippen LogP contribution < -0.4 is 56.8 Å². The first kappa shape index (κ1) is 82.2. The zero-order valence-corrected chi connectivity index (χ0v) is 67.7. The fraction of sp³-hybridized carbons (Fsp3) is 0.391. The van der Waals surface area contributed by atoms with Crippen LogP contribution in [0.15, 0.2) is 146 Å². The fourth-order valence-electron chi connectivity index (χ4n) is 19.6. The molecule has 0 aromatic heterocycles. The third-order valence-electron chi connectivity index (χ3n) is 24.2. The van der Waals surface area contributed by atoms with Gasteiger partial charge in [0.1, 0.15) is 23.0 Å². The molecule has 8 aromatic carbocycles. The summed E-state index contributed by atoms with van der Waals surface area (Å²) in [6, 6.07) is 43.6. The first-order valence-electron chi connectivity index (χ1n) is 39.5. The van der Waals surface area contributed by atoms with Gasteiger partial charge in [-0.15, -0.1) is 0 Å². The lowest BCUT2D eigenvalue weighted by Crippen LogP contribution is -2.56. The maximum absolute atomic E-state index is 13.1. The molecule has 28 heteroatoms. The van der Waals surface area contributed by atoms with Gasteiger partial charge in [0.15, 0.2) is 98.9 Å². The van der Waals surface area contributed by atoms with Gasteiger partial charge in [0.2, 0.25) is 23.0 Å². The molecule has 8 aliphatic carbocycles. The lowest BCUT2D eigenvalue weighted by atomic mass is 9.41. The minimum absolute atomic E-state index is 0.0581. The molecule has 4 spiro atoms. The van der Waals surface area contributed by atoms with Gasteiger partial charge in [-0.2, -0.15) is 0 Å². The van der Waals surface area contributed by atoms with E-state index in [1.807, 2.05) is 97.1 Å². The Morgan fingerprint density at radius 1 is 0.250 bits per heavy atom. The van der Waals surface area contributed by atoms with E-state index < -0.39 is 122 Å². The molecule has 120 heavy (non-hydrogen) atoms. The molecule has 0 unspecified atom stereocenters. The van der Waals surface area contributed by atoms with Crippen molar-refractivity contribution in [2.24, 2.45) is 23.7 Å². The quantitative estimate of drug-likeness (QED) is 0.0401. The molecular weight excluding hydrogens is 1550 g/mol. The van der Waals surface area contributed by atoms with Crippen LogP contribution in [-0.2, 0) is 97.9 Å². The van der Waals surface area contributed by atoms with Gasteiger partial charge >= 0.3 is 47.8 Å². The van der Waals surface area contributed by atoms with Crippen molar-refractivity contribution in [2.45, 2.75) is 98.7 Å². The SMILES string of the molecule is COC(=O)COc1cc2cc(OCC(=O)OC)c1Oc1ccc(cc1)-c1ccc(cc1)Oc1c(OCC(=O)OC)cc(cc1OCC(=O)OC)C13CC4CC(C1)CC(C4)(C3)c1cc(OCC(=O)OC)c(c(OCC(=O)OC)c1)Oc1ccc(cc1)-c1ccc(cc1)Oc1c(OCC(=O)OC)cc(cc1OCC(=O)OC)C13CC4CC(CC2(C4)C1)C3. The molecule has 0 N–H and O–H groups in total. The molecule has 0 saturated heterocycles. The van der Waals surface area contributed by atoms with Crippen molar-refractivity contribution in [3.05, 3.63) is 168 Å². The highest BCUT2D eigenvalue weighted by molar-refractivity contribution is 5.77. The molecule has 8 fully saturated rings. The number of hydrogen-bond acceptors (Lipinski definition) is 28. The number of ether oxygens (including phenoxy) is 20. The molecule has 628 valence electrons. The van der Waals surface area contributed by atoms with Crippen molar-refractivity contribution < 1.29 is 133 Å². The Kier molecular flexibility index (Phi) is 24.0. The van der Waals surface area contributed by atoms with E-state index in [9.17, 15) is 38.4 Å². The second kappa shape index (κ2) is 35.0. The van der Waals surface area contributed by atoms with Gasteiger partial charge in [-0.1, -0.05) is 48.5 Å². The van der Waals surface area contributed by atoms with Crippen molar-refractivity contribution in [3.63, 3.8) is 0 Å². The molecule has 8 aromatic rings. The Balaban J connectivity index is 0.870. The summed E-state index contributed by atoms with van der Waals surface area (Å²) < 4.78 is 119. The van der Waals surface area contributed by atoms with Crippen LogP contribution >= 0.6 is 0 Å². The molecule has 28 nitrogen and oxygen atoms in total. The van der Waals surface area contributed by atoms with E-state index in [2.05, 4.69) is 0 Å². The van der Waals surface area contributed by atoms with Crippen LogP contribution in [0, 0.1) is 23.7 Å². The van der Waals surface area contributed by atoms with Crippen LogP contribution in [0.4, 0.5) is 0 Å². The summed E-state index contributed by atoms with van der Waals surface area (Å²) in [7, 11) is 10.0. The second-order valence-electron chi connectivity index (χ2n) is 31.7. The smallest absolute Gasteiger partial charge is 0.343 e. The normalized spacial score (nSPS) is 21.5. The summed E-state index contributed by atoms with van der Waals surface area (Å²) >= 11 is 0. The van der Waals surface area contributed by atoms with Crippen molar-refractivity contribution in [2.75, 3.05) is 110 Å². The summed E-state index contributed by atoms with van der Waals surface area (Å²) in [5.74, 6) is -2.16. The van der Waals surface area contributed by atoms with Crippen molar-refractivity contribution >= 4 is 47.8 Å². The number of carbonyl (C=O) groups excluding carboxylic acids is 8. The Morgan fingerprint density at radius 2 is 0.400 bits per heavy atom. The monoisotopic (exact) mass is 1640 g/mol. The van der Waals surface area contributed by atoms with Crippen molar-refractivity contribution in [1.29, 1.82) is 0 Å². The topological polar surface area (TPSA) is 321 Å². The summed E-state index contributed by atoms with van der Waals surface area (Å²) in [4.78, 5) is 105. The maximum atomic E-state index is 13.1. The second-order valence-corrected chi connectivity index (χ2v) is 31.7. The van der Waals surface area contributed by atoms with E-state index in [-0.39, 0.29) is 92.7 Å². The van der Waals surface area contributed by atoms with Gasteiger partial charge < -0.3 is 94.7 Å². The van der Waals surface area contributed by atoms with Crippen molar-refractivity contribution in [1.82, 2.24) is 0 Å². The third kappa shape index (κ3) is 17.5. The lowest BCUT2D eigenvalue weighted by Gasteiger charge is -2.63. The summed E-state index contributed by atoms with van der Waals surface area (Å²) in [6.45, 7) is -4.17. The van der Waals surface area contributed by atoms with Gasteiger partial charge in [-0.05, 0) is 264 Å². The van der Waals surface area contributed by atoms with Crippen molar-refractivity contribution in [3.8, 4) is 114 Å². The highest BCUT2D eigenvalue weighted by Crippen LogP contribution is 2.70. The van der Waals surface area contributed by atoms with Gasteiger partial charge in [0.05, 0.1) is 56.9 Å². The first-order chi connectivity index (χ1) is 58.0. The molecule has 0 radical (unpaired) electrons. The number of esters is 8. The van der Waals surface area contributed by atoms with Gasteiger partial charge in [-0.25, -0.2) is 38.4 Å². The molecule has 0 amide bonds. The fourth-order valence-corrected chi connectivity index (χ4v) is 19.6.